The van der Waals surface area contributed by atoms with Crippen LogP contribution in [-0.2, 0) is 9.84 Å². The molecule has 6 heteroatoms. The predicted octanol–water partition coefficient (Wildman–Crippen LogP) is 2.22. The van der Waals surface area contributed by atoms with E-state index in [1.807, 2.05) is 0 Å². The summed E-state index contributed by atoms with van der Waals surface area (Å²) in [7, 11) is -3.66. The van der Waals surface area contributed by atoms with Crippen molar-refractivity contribution in [2.45, 2.75) is 16.7 Å². The summed E-state index contributed by atoms with van der Waals surface area (Å²) in [5, 5.41) is 16.4. The molecule has 0 atom stereocenters. The zero-order valence-electron chi connectivity index (χ0n) is 11.4. The van der Waals surface area contributed by atoms with Gasteiger partial charge in [0.1, 0.15) is 0 Å². The van der Waals surface area contributed by atoms with Crippen molar-refractivity contribution in [3.8, 4) is 0 Å². The lowest BCUT2D eigenvalue weighted by Gasteiger charge is -2.05. The molecule has 0 bridgehead atoms. The van der Waals surface area contributed by atoms with Crippen LogP contribution in [0.4, 0.5) is 0 Å². The van der Waals surface area contributed by atoms with Crippen LogP contribution in [0, 0.1) is 0 Å². The highest BCUT2D eigenvalue weighted by Gasteiger charge is 2.18. The maximum atomic E-state index is 12.2. The molecule has 0 fully saturated rings. The van der Waals surface area contributed by atoms with Crippen molar-refractivity contribution in [1.29, 1.82) is 0 Å². The number of benzene rings is 2. The molecule has 0 aromatic heterocycles. The van der Waals surface area contributed by atoms with E-state index in [0.29, 0.717) is 0 Å². The van der Waals surface area contributed by atoms with Gasteiger partial charge in [0.15, 0.2) is 0 Å². The fourth-order valence-corrected chi connectivity index (χ4v) is 2.86. The van der Waals surface area contributed by atoms with E-state index in [4.69, 9.17) is 10.2 Å². The second-order valence-corrected chi connectivity index (χ2v) is 5.92. The highest BCUT2D eigenvalue weighted by atomic mass is 32.2. The Morgan fingerprint density at radius 2 is 1.52 bits per heavy atom. The molecule has 2 aromatic carbocycles. The molecule has 2 rings (SSSR count). The number of aliphatic hydroxyl groups excluding tert-OH is 1. The number of rotatable bonds is 3. The highest BCUT2D eigenvalue weighted by Crippen LogP contribution is 2.21. The molecule has 5 nitrogen and oxygen atoms in total. The largest absolute Gasteiger partial charge is 0.478 e. The van der Waals surface area contributed by atoms with Gasteiger partial charge in [-0.15, -0.1) is 0 Å². The first-order valence-electron chi connectivity index (χ1n) is 6.17. The van der Waals surface area contributed by atoms with Gasteiger partial charge >= 0.3 is 5.97 Å². The van der Waals surface area contributed by atoms with Crippen LogP contribution in [0.3, 0.4) is 0 Å². The van der Waals surface area contributed by atoms with E-state index in [0.717, 1.165) is 6.07 Å². The maximum Gasteiger partial charge on any atom is 0.335 e. The summed E-state index contributed by atoms with van der Waals surface area (Å²) in [4.78, 5) is 10.9. The lowest BCUT2D eigenvalue weighted by Crippen LogP contribution is -2.04. The van der Waals surface area contributed by atoms with E-state index < -0.39 is 15.8 Å². The SMILES string of the molecule is CCO.O=C(O)c1cccc(S(=O)(=O)c2ccccc2)c1. The molecular weight excluding hydrogens is 292 g/mol. The smallest absolute Gasteiger partial charge is 0.335 e. The van der Waals surface area contributed by atoms with E-state index in [2.05, 4.69) is 0 Å². The molecule has 0 aliphatic carbocycles. The number of hydrogen-bond donors (Lipinski definition) is 2. The minimum atomic E-state index is -3.66. The van der Waals surface area contributed by atoms with Crippen molar-refractivity contribution in [1.82, 2.24) is 0 Å². The number of carbonyl (C=O) groups is 1. The first-order valence-corrected chi connectivity index (χ1v) is 7.66. The molecular formula is C15H16O5S. The number of aromatic carboxylic acids is 1. The quantitative estimate of drug-likeness (QED) is 0.907. The van der Waals surface area contributed by atoms with Gasteiger partial charge < -0.3 is 10.2 Å². The van der Waals surface area contributed by atoms with E-state index in [1.165, 1.54) is 30.3 Å². The van der Waals surface area contributed by atoms with Crippen molar-refractivity contribution in [2.75, 3.05) is 6.61 Å². The average Bonchev–Trinajstić information content (AvgIpc) is 2.49. The molecule has 2 aromatic rings. The van der Waals surface area contributed by atoms with Crippen LogP contribution in [-0.4, -0.2) is 31.2 Å². The molecule has 0 aliphatic heterocycles. The van der Waals surface area contributed by atoms with Crippen LogP contribution >= 0.6 is 0 Å². The fourth-order valence-electron chi connectivity index (χ4n) is 1.53. The standard InChI is InChI=1S/C13H10O4S.C2H6O/c14-13(15)10-5-4-8-12(9-10)18(16,17)11-6-2-1-3-7-11;1-2-3/h1-9H,(H,14,15);3H,2H2,1H3. The first kappa shape index (κ1) is 16.9. The van der Waals surface area contributed by atoms with Crippen LogP contribution in [0.15, 0.2) is 64.4 Å². The van der Waals surface area contributed by atoms with Crippen LogP contribution in [0.25, 0.3) is 0 Å². The van der Waals surface area contributed by atoms with Gasteiger partial charge in [-0.25, -0.2) is 13.2 Å². The van der Waals surface area contributed by atoms with Crippen molar-refractivity contribution < 1.29 is 23.4 Å². The Balaban J connectivity index is 0.000000677. The third-order valence-corrected chi connectivity index (χ3v) is 4.21. The lowest BCUT2D eigenvalue weighted by molar-refractivity contribution is 0.0696. The summed E-state index contributed by atoms with van der Waals surface area (Å²) < 4.78 is 24.4. The number of aliphatic hydroxyl groups is 1. The molecule has 21 heavy (non-hydrogen) atoms. The fraction of sp³-hybridized carbons (Fsp3) is 0.133. The number of sulfone groups is 1. The normalized spacial score (nSPS) is 10.4. The molecule has 0 saturated heterocycles. The van der Waals surface area contributed by atoms with Gasteiger partial charge in [-0.1, -0.05) is 24.3 Å². The third-order valence-electron chi connectivity index (χ3n) is 2.44. The lowest BCUT2D eigenvalue weighted by atomic mass is 10.2. The summed E-state index contributed by atoms with van der Waals surface area (Å²) in [5.74, 6) is -1.15. The molecule has 0 unspecified atom stereocenters. The third kappa shape index (κ3) is 4.40. The van der Waals surface area contributed by atoms with Gasteiger partial charge in [0, 0.05) is 6.61 Å². The average molecular weight is 308 g/mol. The minimum Gasteiger partial charge on any atom is -0.478 e. The molecule has 0 spiro atoms. The number of carboxylic acids is 1. The second-order valence-electron chi connectivity index (χ2n) is 3.97. The molecule has 2 N–H and O–H groups in total. The van der Waals surface area contributed by atoms with Crippen molar-refractivity contribution in [3.63, 3.8) is 0 Å². The number of hydrogen-bond acceptors (Lipinski definition) is 4. The Bertz CT molecular complexity index is 693. The van der Waals surface area contributed by atoms with Gasteiger partial charge in [0.05, 0.1) is 15.4 Å². The predicted molar refractivity (Wildman–Crippen MR) is 78.1 cm³/mol. The first-order chi connectivity index (χ1) is 9.93. The topological polar surface area (TPSA) is 91.7 Å². The van der Waals surface area contributed by atoms with Crippen LogP contribution in [0.5, 0.6) is 0 Å². The minimum absolute atomic E-state index is 0.0198. The summed E-state index contributed by atoms with van der Waals surface area (Å²) in [6.07, 6.45) is 0. The Kier molecular flexibility index (Phi) is 6.08. The summed E-state index contributed by atoms with van der Waals surface area (Å²) in [5.41, 5.74) is -0.0491. The highest BCUT2D eigenvalue weighted by molar-refractivity contribution is 7.91. The van der Waals surface area contributed by atoms with Gasteiger partial charge in [-0.05, 0) is 37.3 Å². The Morgan fingerprint density at radius 1 is 1.00 bits per heavy atom. The molecule has 0 aliphatic rings. The van der Waals surface area contributed by atoms with Crippen LogP contribution in [0.1, 0.15) is 17.3 Å². The van der Waals surface area contributed by atoms with Gasteiger partial charge in [-0.2, -0.15) is 0 Å². The zero-order chi connectivity index (χ0) is 15.9. The molecule has 0 radical (unpaired) electrons. The van der Waals surface area contributed by atoms with E-state index in [1.54, 1.807) is 25.1 Å². The van der Waals surface area contributed by atoms with Crippen molar-refractivity contribution in [3.05, 3.63) is 60.2 Å². The molecule has 0 amide bonds. The van der Waals surface area contributed by atoms with Crippen LogP contribution in [0.2, 0.25) is 0 Å². The second kappa shape index (κ2) is 7.56. The van der Waals surface area contributed by atoms with E-state index in [-0.39, 0.29) is 22.0 Å². The summed E-state index contributed by atoms with van der Waals surface area (Å²) in [6.45, 7) is 1.93. The van der Waals surface area contributed by atoms with E-state index in [9.17, 15) is 13.2 Å². The van der Waals surface area contributed by atoms with Gasteiger partial charge in [0.25, 0.3) is 0 Å². The zero-order valence-corrected chi connectivity index (χ0v) is 12.2. The Morgan fingerprint density at radius 3 is 2.05 bits per heavy atom. The molecule has 0 saturated carbocycles. The number of carboxylic acid groups (broad SMARTS) is 1. The molecule has 0 heterocycles. The Labute approximate surface area is 123 Å². The van der Waals surface area contributed by atoms with Gasteiger partial charge in [0.2, 0.25) is 9.84 Å². The van der Waals surface area contributed by atoms with E-state index >= 15 is 0 Å². The summed E-state index contributed by atoms with van der Waals surface area (Å²) in [6, 6.07) is 13.2. The Hall–Kier alpha value is -2.18. The monoisotopic (exact) mass is 308 g/mol. The van der Waals surface area contributed by atoms with Gasteiger partial charge in [-0.3, -0.25) is 0 Å². The molecule has 112 valence electrons. The maximum absolute atomic E-state index is 12.2. The van der Waals surface area contributed by atoms with Crippen molar-refractivity contribution >= 4 is 15.8 Å². The van der Waals surface area contributed by atoms with Crippen molar-refractivity contribution in [2.24, 2.45) is 0 Å². The van der Waals surface area contributed by atoms with Crippen LogP contribution < -0.4 is 0 Å². The summed E-state index contributed by atoms with van der Waals surface area (Å²) >= 11 is 0.